The number of amides is 1. The Morgan fingerprint density at radius 3 is 2.76 bits per heavy atom. The summed E-state index contributed by atoms with van der Waals surface area (Å²) in [6.07, 6.45) is 5.48. The SMILES string of the molecule is Cc1cc(NC(=O)COC(=O)/C=C/c2cc(C)n(C3CC3)c2C)no1. The van der Waals surface area contributed by atoms with Crippen molar-refractivity contribution in [2.24, 2.45) is 0 Å². The predicted octanol–water partition coefficient (Wildman–Crippen LogP) is 2.93. The number of aryl methyl sites for hydroxylation is 2. The normalized spacial score (nSPS) is 14.0. The third-order valence-corrected chi connectivity index (χ3v) is 4.08. The topological polar surface area (TPSA) is 86.4 Å². The van der Waals surface area contributed by atoms with E-state index in [0.29, 0.717) is 17.6 Å². The lowest BCUT2D eigenvalue weighted by molar-refractivity contribution is -0.142. The van der Waals surface area contributed by atoms with Crippen molar-refractivity contribution in [1.82, 2.24) is 9.72 Å². The van der Waals surface area contributed by atoms with E-state index >= 15 is 0 Å². The van der Waals surface area contributed by atoms with Crippen molar-refractivity contribution in [2.75, 3.05) is 11.9 Å². The molecule has 132 valence electrons. The summed E-state index contributed by atoms with van der Waals surface area (Å²) < 4.78 is 12.1. The highest BCUT2D eigenvalue weighted by atomic mass is 16.5. The van der Waals surface area contributed by atoms with E-state index in [4.69, 9.17) is 9.26 Å². The van der Waals surface area contributed by atoms with Crippen LogP contribution in [0.5, 0.6) is 0 Å². The number of rotatable bonds is 6. The van der Waals surface area contributed by atoms with Gasteiger partial charge in [-0.2, -0.15) is 0 Å². The van der Waals surface area contributed by atoms with Crippen LogP contribution in [0, 0.1) is 20.8 Å². The molecule has 1 amide bonds. The van der Waals surface area contributed by atoms with E-state index in [1.807, 2.05) is 6.92 Å². The van der Waals surface area contributed by atoms with Gasteiger partial charge in [-0.25, -0.2) is 4.79 Å². The standard InChI is InChI=1S/C18H21N3O4/c1-11-8-14(13(3)21(11)15-5-6-15)4-7-18(23)24-10-17(22)19-16-9-12(2)25-20-16/h4,7-9,15H,5-6,10H2,1-3H3,(H,19,20,22)/b7-4+. The second-order valence-electron chi connectivity index (χ2n) is 6.24. The monoisotopic (exact) mass is 343 g/mol. The van der Waals surface area contributed by atoms with Crippen LogP contribution in [0.1, 0.15) is 41.6 Å². The average molecular weight is 343 g/mol. The molecule has 1 aliphatic rings. The summed E-state index contributed by atoms with van der Waals surface area (Å²) in [6, 6.07) is 4.23. The van der Waals surface area contributed by atoms with E-state index in [2.05, 4.69) is 28.0 Å². The molecule has 3 rings (SSSR count). The number of ether oxygens (including phenoxy) is 1. The fraction of sp³-hybridized carbons (Fsp3) is 0.389. The van der Waals surface area contributed by atoms with Gasteiger partial charge in [-0.3, -0.25) is 4.79 Å². The van der Waals surface area contributed by atoms with Crippen molar-refractivity contribution < 1.29 is 18.8 Å². The Balaban J connectivity index is 1.51. The van der Waals surface area contributed by atoms with Gasteiger partial charge >= 0.3 is 5.97 Å². The fourth-order valence-electron chi connectivity index (χ4n) is 2.81. The van der Waals surface area contributed by atoms with Gasteiger partial charge in [0.2, 0.25) is 0 Å². The number of hydrogen-bond acceptors (Lipinski definition) is 5. The minimum absolute atomic E-state index is 0.293. The third kappa shape index (κ3) is 4.17. The Morgan fingerprint density at radius 2 is 2.12 bits per heavy atom. The first-order valence-corrected chi connectivity index (χ1v) is 8.20. The van der Waals surface area contributed by atoms with Gasteiger partial charge in [0, 0.05) is 29.6 Å². The van der Waals surface area contributed by atoms with E-state index in [-0.39, 0.29) is 6.61 Å². The molecule has 0 aromatic carbocycles. The Hall–Kier alpha value is -2.83. The van der Waals surface area contributed by atoms with E-state index < -0.39 is 11.9 Å². The van der Waals surface area contributed by atoms with Crippen LogP contribution in [0.15, 0.2) is 22.7 Å². The third-order valence-electron chi connectivity index (χ3n) is 4.08. The van der Waals surface area contributed by atoms with Gasteiger partial charge in [0.1, 0.15) is 5.76 Å². The van der Waals surface area contributed by atoms with Crippen molar-refractivity contribution in [1.29, 1.82) is 0 Å². The maximum Gasteiger partial charge on any atom is 0.331 e. The zero-order chi connectivity index (χ0) is 18.0. The Morgan fingerprint density at radius 1 is 1.36 bits per heavy atom. The molecule has 0 bridgehead atoms. The lowest BCUT2D eigenvalue weighted by atomic mass is 10.2. The van der Waals surface area contributed by atoms with Crippen molar-refractivity contribution in [3.8, 4) is 0 Å². The van der Waals surface area contributed by atoms with Crippen molar-refractivity contribution in [3.63, 3.8) is 0 Å². The fourth-order valence-corrected chi connectivity index (χ4v) is 2.81. The number of esters is 1. The molecule has 7 heteroatoms. The second-order valence-corrected chi connectivity index (χ2v) is 6.24. The number of carbonyl (C=O) groups excluding carboxylic acids is 2. The van der Waals surface area contributed by atoms with Gasteiger partial charge < -0.3 is 19.1 Å². The summed E-state index contributed by atoms with van der Waals surface area (Å²) in [5.41, 5.74) is 3.32. The van der Waals surface area contributed by atoms with E-state index in [9.17, 15) is 9.59 Å². The zero-order valence-corrected chi connectivity index (χ0v) is 14.5. The molecular formula is C18H21N3O4. The number of aromatic nitrogens is 2. The molecule has 1 saturated carbocycles. The van der Waals surface area contributed by atoms with Gasteiger partial charge in [-0.05, 0) is 51.3 Å². The highest BCUT2D eigenvalue weighted by molar-refractivity contribution is 5.94. The molecule has 2 aromatic heterocycles. The Bertz CT molecular complexity index is 827. The number of anilines is 1. The quantitative estimate of drug-likeness (QED) is 0.644. The van der Waals surface area contributed by atoms with Crippen LogP contribution in [0.25, 0.3) is 6.08 Å². The molecule has 1 N–H and O–H groups in total. The number of nitrogens with zero attached hydrogens (tertiary/aromatic N) is 2. The maximum atomic E-state index is 11.8. The van der Waals surface area contributed by atoms with Crippen molar-refractivity contribution >= 4 is 23.8 Å². The predicted molar refractivity (Wildman–Crippen MR) is 92.0 cm³/mol. The Labute approximate surface area is 145 Å². The smallest absolute Gasteiger partial charge is 0.331 e. The van der Waals surface area contributed by atoms with Crippen molar-refractivity contribution in [2.45, 2.75) is 39.7 Å². The summed E-state index contributed by atoms with van der Waals surface area (Å²) in [4.78, 5) is 23.5. The number of nitrogens with one attached hydrogen (secondary N) is 1. The van der Waals surface area contributed by atoms with Crippen LogP contribution >= 0.6 is 0 Å². The molecule has 1 fully saturated rings. The van der Waals surface area contributed by atoms with Gasteiger partial charge in [0.15, 0.2) is 12.4 Å². The molecule has 0 unspecified atom stereocenters. The molecule has 2 heterocycles. The van der Waals surface area contributed by atoms with Crippen LogP contribution in [-0.2, 0) is 14.3 Å². The van der Waals surface area contributed by atoms with E-state index in [1.54, 1.807) is 19.1 Å². The summed E-state index contributed by atoms with van der Waals surface area (Å²) >= 11 is 0. The highest BCUT2D eigenvalue weighted by Crippen LogP contribution is 2.38. The van der Waals surface area contributed by atoms with Gasteiger partial charge in [0.25, 0.3) is 5.91 Å². The number of carbonyl (C=O) groups is 2. The van der Waals surface area contributed by atoms with Gasteiger partial charge in [0.05, 0.1) is 0 Å². The molecule has 0 radical (unpaired) electrons. The molecule has 0 saturated heterocycles. The first-order chi connectivity index (χ1) is 11.9. The lowest BCUT2D eigenvalue weighted by Crippen LogP contribution is -2.20. The molecule has 25 heavy (non-hydrogen) atoms. The Kier molecular flexibility index (Phi) is 4.74. The lowest BCUT2D eigenvalue weighted by Gasteiger charge is -2.06. The summed E-state index contributed by atoms with van der Waals surface area (Å²) in [6.45, 7) is 5.45. The van der Waals surface area contributed by atoms with Gasteiger partial charge in [-0.1, -0.05) is 5.16 Å². The largest absolute Gasteiger partial charge is 0.452 e. The molecule has 1 aliphatic carbocycles. The average Bonchev–Trinajstić information content (AvgIpc) is 3.24. The summed E-state index contributed by atoms with van der Waals surface area (Å²) in [7, 11) is 0. The van der Waals surface area contributed by atoms with Crippen molar-refractivity contribution in [3.05, 3.63) is 40.9 Å². The number of hydrogen-bond donors (Lipinski definition) is 1. The van der Waals surface area contributed by atoms with Crippen LogP contribution in [0.2, 0.25) is 0 Å². The van der Waals surface area contributed by atoms with E-state index in [1.165, 1.54) is 24.6 Å². The molecule has 2 aromatic rings. The van der Waals surface area contributed by atoms with Crippen LogP contribution < -0.4 is 5.32 Å². The molecule has 0 aliphatic heterocycles. The minimum atomic E-state index is -0.567. The zero-order valence-electron chi connectivity index (χ0n) is 14.5. The van der Waals surface area contributed by atoms with Gasteiger partial charge in [-0.15, -0.1) is 0 Å². The summed E-state index contributed by atoms with van der Waals surface area (Å²) in [5, 5.41) is 6.12. The first-order valence-electron chi connectivity index (χ1n) is 8.20. The molecule has 0 atom stereocenters. The van der Waals surface area contributed by atoms with Crippen LogP contribution in [0.3, 0.4) is 0 Å². The highest BCUT2D eigenvalue weighted by Gasteiger charge is 2.26. The molecule has 7 nitrogen and oxygen atoms in total. The maximum absolute atomic E-state index is 11.8. The first kappa shape index (κ1) is 17.0. The molecule has 0 spiro atoms. The van der Waals surface area contributed by atoms with Crippen LogP contribution in [-0.4, -0.2) is 28.2 Å². The second kappa shape index (κ2) is 6.96. The summed E-state index contributed by atoms with van der Waals surface area (Å²) in [5.74, 6) is -0.162. The molecular weight excluding hydrogens is 322 g/mol. The van der Waals surface area contributed by atoms with Crippen LogP contribution in [0.4, 0.5) is 5.82 Å². The van der Waals surface area contributed by atoms with E-state index in [0.717, 1.165) is 11.3 Å². The minimum Gasteiger partial charge on any atom is -0.452 e.